The van der Waals surface area contributed by atoms with Crippen LogP contribution < -0.4 is 10.6 Å². The van der Waals surface area contributed by atoms with E-state index < -0.39 is 0 Å². The summed E-state index contributed by atoms with van der Waals surface area (Å²) in [6.45, 7) is 3.94. The van der Waals surface area contributed by atoms with Crippen molar-refractivity contribution in [1.29, 1.82) is 5.41 Å². The van der Waals surface area contributed by atoms with E-state index in [9.17, 15) is 9.59 Å². The number of carbonyl (C=O) groups excluding carboxylic acids is 2. The van der Waals surface area contributed by atoms with Crippen LogP contribution in [0.3, 0.4) is 0 Å². The lowest BCUT2D eigenvalue weighted by Crippen LogP contribution is -2.56. The summed E-state index contributed by atoms with van der Waals surface area (Å²) in [5.41, 5.74) is 6.98. The smallest absolute Gasteiger partial charge is 0.319 e. The summed E-state index contributed by atoms with van der Waals surface area (Å²) < 4.78 is 4.72. The van der Waals surface area contributed by atoms with Crippen LogP contribution in [0.15, 0.2) is 24.3 Å². The zero-order valence-electron chi connectivity index (χ0n) is 15.7. The number of amidine groups is 1. The summed E-state index contributed by atoms with van der Waals surface area (Å²) >= 11 is 0. The molecule has 8 nitrogen and oxygen atoms in total. The van der Waals surface area contributed by atoms with Gasteiger partial charge >= 0.3 is 5.97 Å². The SMILES string of the molecule is COC(=O)CN1CCC(N2CCN(c3ccc(C(=N)N)cc3)C(=O)C2)CC1. The van der Waals surface area contributed by atoms with Gasteiger partial charge in [-0.05, 0) is 37.1 Å². The average molecular weight is 373 g/mol. The molecule has 2 fully saturated rings. The second-order valence-corrected chi connectivity index (χ2v) is 7.06. The molecular weight excluding hydrogens is 346 g/mol. The van der Waals surface area contributed by atoms with E-state index in [1.165, 1.54) is 7.11 Å². The molecule has 1 amide bonds. The zero-order valence-corrected chi connectivity index (χ0v) is 15.7. The lowest BCUT2D eigenvalue weighted by atomic mass is 10.0. The Kier molecular flexibility index (Phi) is 6.08. The van der Waals surface area contributed by atoms with Crippen molar-refractivity contribution in [2.24, 2.45) is 5.73 Å². The number of rotatable bonds is 5. The molecule has 2 saturated heterocycles. The minimum atomic E-state index is -0.201. The molecule has 0 saturated carbocycles. The van der Waals surface area contributed by atoms with E-state index in [0.717, 1.165) is 38.2 Å². The molecule has 0 atom stereocenters. The second-order valence-electron chi connectivity index (χ2n) is 7.06. The fourth-order valence-electron chi connectivity index (χ4n) is 3.79. The van der Waals surface area contributed by atoms with Crippen molar-refractivity contribution >= 4 is 23.4 Å². The molecule has 146 valence electrons. The first-order valence-electron chi connectivity index (χ1n) is 9.26. The lowest BCUT2D eigenvalue weighted by Gasteiger charge is -2.42. The van der Waals surface area contributed by atoms with Crippen molar-refractivity contribution in [3.8, 4) is 0 Å². The largest absolute Gasteiger partial charge is 0.468 e. The van der Waals surface area contributed by atoms with E-state index in [-0.39, 0.29) is 17.7 Å². The summed E-state index contributed by atoms with van der Waals surface area (Å²) in [6.07, 6.45) is 1.91. The van der Waals surface area contributed by atoms with Gasteiger partial charge in [0.15, 0.2) is 0 Å². The van der Waals surface area contributed by atoms with E-state index in [1.807, 2.05) is 12.1 Å². The highest BCUT2D eigenvalue weighted by Crippen LogP contribution is 2.22. The van der Waals surface area contributed by atoms with E-state index >= 15 is 0 Å². The molecule has 0 aliphatic carbocycles. The fraction of sp³-hybridized carbons (Fsp3) is 0.526. The van der Waals surface area contributed by atoms with Gasteiger partial charge in [0.05, 0.1) is 20.2 Å². The molecule has 3 rings (SSSR count). The Balaban J connectivity index is 1.52. The molecule has 8 heteroatoms. The number of hydrogen-bond donors (Lipinski definition) is 2. The first kappa shape index (κ1) is 19.3. The third-order valence-corrected chi connectivity index (χ3v) is 5.39. The first-order chi connectivity index (χ1) is 13.0. The number of benzene rings is 1. The minimum Gasteiger partial charge on any atom is -0.468 e. The highest BCUT2D eigenvalue weighted by atomic mass is 16.5. The lowest BCUT2D eigenvalue weighted by molar-refractivity contribution is -0.142. The Hall–Kier alpha value is -2.45. The zero-order chi connectivity index (χ0) is 19.4. The number of ether oxygens (including phenoxy) is 1. The number of esters is 1. The van der Waals surface area contributed by atoms with Gasteiger partial charge in [-0.15, -0.1) is 0 Å². The van der Waals surface area contributed by atoms with Crippen LogP contribution in [0.2, 0.25) is 0 Å². The van der Waals surface area contributed by atoms with Gasteiger partial charge in [-0.25, -0.2) is 0 Å². The topological polar surface area (TPSA) is 103 Å². The number of likely N-dealkylation sites (tertiary alicyclic amines) is 1. The molecule has 0 radical (unpaired) electrons. The number of nitrogen functional groups attached to an aromatic ring is 1. The maximum absolute atomic E-state index is 12.7. The highest BCUT2D eigenvalue weighted by Gasteiger charge is 2.32. The normalized spacial score (nSPS) is 19.9. The van der Waals surface area contributed by atoms with Gasteiger partial charge < -0.3 is 15.4 Å². The van der Waals surface area contributed by atoms with Crippen LogP contribution in [-0.4, -0.2) is 79.9 Å². The third-order valence-electron chi connectivity index (χ3n) is 5.39. The molecule has 2 aliphatic rings. The Bertz CT molecular complexity index is 698. The van der Waals surface area contributed by atoms with Crippen LogP contribution in [0.4, 0.5) is 5.69 Å². The first-order valence-corrected chi connectivity index (χ1v) is 9.26. The van der Waals surface area contributed by atoms with Crippen LogP contribution >= 0.6 is 0 Å². The van der Waals surface area contributed by atoms with Gasteiger partial charge in [-0.1, -0.05) is 0 Å². The van der Waals surface area contributed by atoms with Crippen LogP contribution in [0.1, 0.15) is 18.4 Å². The Morgan fingerprint density at radius 3 is 2.41 bits per heavy atom. The van der Waals surface area contributed by atoms with Gasteiger partial charge in [-0.2, -0.15) is 0 Å². The van der Waals surface area contributed by atoms with Crippen molar-refractivity contribution < 1.29 is 14.3 Å². The van der Waals surface area contributed by atoms with Crippen LogP contribution in [-0.2, 0) is 14.3 Å². The van der Waals surface area contributed by atoms with Gasteiger partial charge in [0.1, 0.15) is 5.84 Å². The number of anilines is 1. The average Bonchev–Trinajstić information content (AvgIpc) is 2.68. The summed E-state index contributed by atoms with van der Waals surface area (Å²) in [7, 11) is 1.41. The van der Waals surface area contributed by atoms with Crippen molar-refractivity contribution in [1.82, 2.24) is 9.80 Å². The molecule has 2 aliphatic heterocycles. The Morgan fingerprint density at radius 2 is 1.85 bits per heavy atom. The number of methoxy groups -OCH3 is 1. The van der Waals surface area contributed by atoms with Crippen LogP contribution in [0.25, 0.3) is 0 Å². The monoisotopic (exact) mass is 373 g/mol. The number of piperazine rings is 1. The summed E-state index contributed by atoms with van der Waals surface area (Å²) in [5, 5.41) is 7.45. The predicted octanol–water partition coefficient (Wildman–Crippen LogP) is 0.257. The second kappa shape index (κ2) is 8.49. The van der Waals surface area contributed by atoms with Gasteiger partial charge in [-0.3, -0.25) is 24.8 Å². The molecule has 0 bridgehead atoms. The van der Waals surface area contributed by atoms with Gasteiger partial charge in [0.25, 0.3) is 0 Å². The molecule has 0 spiro atoms. The van der Waals surface area contributed by atoms with E-state index in [2.05, 4.69) is 9.80 Å². The maximum atomic E-state index is 12.7. The van der Waals surface area contributed by atoms with E-state index in [1.54, 1.807) is 17.0 Å². The van der Waals surface area contributed by atoms with E-state index in [0.29, 0.717) is 31.2 Å². The van der Waals surface area contributed by atoms with Crippen molar-refractivity contribution in [2.75, 3.05) is 51.3 Å². The number of nitrogens with zero attached hydrogens (tertiary/aromatic N) is 3. The minimum absolute atomic E-state index is 0.0243. The van der Waals surface area contributed by atoms with Crippen LogP contribution in [0, 0.1) is 5.41 Å². The number of nitrogens with two attached hydrogens (primary N) is 1. The quantitative estimate of drug-likeness (QED) is 0.436. The summed E-state index contributed by atoms with van der Waals surface area (Å²) in [6, 6.07) is 7.61. The summed E-state index contributed by atoms with van der Waals surface area (Å²) in [5.74, 6) is -0.0851. The molecule has 1 aromatic rings. The van der Waals surface area contributed by atoms with Gasteiger partial charge in [0.2, 0.25) is 5.91 Å². The molecule has 2 heterocycles. The molecular formula is C19H27N5O3. The predicted molar refractivity (Wildman–Crippen MR) is 103 cm³/mol. The van der Waals surface area contributed by atoms with Gasteiger partial charge in [0, 0.05) is 43.5 Å². The number of hydrogen-bond acceptors (Lipinski definition) is 6. The van der Waals surface area contributed by atoms with E-state index in [4.69, 9.17) is 15.9 Å². The number of carbonyl (C=O) groups is 2. The molecule has 1 aromatic carbocycles. The summed E-state index contributed by atoms with van der Waals surface area (Å²) in [4.78, 5) is 30.2. The molecule has 27 heavy (non-hydrogen) atoms. The molecule has 0 unspecified atom stereocenters. The Morgan fingerprint density at radius 1 is 1.19 bits per heavy atom. The maximum Gasteiger partial charge on any atom is 0.319 e. The van der Waals surface area contributed by atoms with Crippen molar-refractivity contribution in [3.05, 3.63) is 29.8 Å². The third kappa shape index (κ3) is 4.64. The van der Waals surface area contributed by atoms with Crippen molar-refractivity contribution in [2.45, 2.75) is 18.9 Å². The molecule has 3 N–H and O–H groups in total. The highest BCUT2D eigenvalue weighted by molar-refractivity contribution is 5.98. The molecule has 0 aromatic heterocycles. The Labute approximate surface area is 159 Å². The number of amides is 1. The number of nitrogens with one attached hydrogen (secondary N) is 1. The number of piperidine rings is 1. The standard InChI is InChI=1S/C19H27N5O3/c1-27-18(26)13-22-8-6-15(7-9-22)23-10-11-24(17(25)12-23)16-4-2-14(3-5-16)19(20)21/h2-5,15H,6-13H2,1H3,(H3,20,21). The van der Waals surface area contributed by atoms with Crippen molar-refractivity contribution in [3.63, 3.8) is 0 Å². The van der Waals surface area contributed by atoms with Crippen LogP contribution in [0.5, 0.6) is 0 Å². The fourth-order valence-corrected chi connectivity index (χ4v) is 3.79.